The number of aliphatic hydroxyl groups is 2. The Labute approximate surface area is 203 Å². The van der Waals surface area contributed by atoms with Gasteiger partial charge in [-0.1, -0.05) is 19.1 Å². The third kappa shape index (κ3) is 3.00. The molecule has 1 aromatic heterocycles. The molecule has 1 saturated carbocycles. The minimum atomic E-state index is -4.53. The number of rotatable bonds is 2. The first-order valence-corrected chi connectivity index (χ1v) is 12.3. The number of hydrogen-bond acceptors (Lipinski definition) is 5. The van der Waals surface area contributed by atoms with Crippen LogP contribution in [0, 0.1) is 11.3 Å². The molecule has 1 aromatic rings. The van der Waals surface area contributed by atoms with Gasteiger partial charge in [0, 0.05) is 35.3 Å². The van der Waals surface area contributed by atoms with Crippen LogP contribution in [0.5, 0.6) is 0 Å². The number of fused-ring (bicyclic) bond motifs is 1. The molecule has 3 aliphatic carbocycles. The zero-order valence-corrected chi connectivity index (χ0v) is 20.1. The lowest BCUT2D eigenvalue weighted by molar-refractivity contribution is -0.170. The topological polar surface area (TPSA) is 65.8 Å². The fourth-order valence-corrected chi connectivity index (χ4v) is 7.91. The summed E-state index contributed by atoms with van der Waals surface area (Å²) < 4.78 is 50.9. The highest BCUT2D eigenvalue weighted by Crippen LogP contribution is 2.70. The Hall–Kier alpha value is -2.00. The maximum absolute atomic E-state index is 14.7. The largest absolute Gasteiger partial charge is 0.413 e. The Morgan fingerprint density at radius 2 is 1.86 bits per heavy atom. The Kier molecular flexibility index (Phi) is 4.87. The summed E-state index contributed by atoms with van der Waals surface area (Å²) in [4.78, 5) is 5.95. The number of hydrogen-bond donors (Lipinski definition) is 2. The van der Waals surface area contributed by atoms with Crippen molar-refractivity contribution in [3.05, 3.63) is 59.0 Å². The molecular formula is C27H31F3N2O3. The molecule has 1 saturated heterocycles. The molecule has 6 rings (SSSR count). The molecule has 5 nitrogen and oxygen atoms in total. The Morgan fingerprint density at radius 1 is 1.14 bits per heavy atom. The molecule has 0 radical (unpaired) electrons. The van der Waals surface area contributed by atoms with E-state index in [-0.39, 0.29) is 24.0 Å². The molecule has 3 heterocycles. The van der Waals surface area contributed by atoms with Crippen molar-refractivity contribution in [2.45, 2.75) is 74.7 Å². The first-order chi connectivity index (χ1) is 16.4. The van der Waals surface area contributed by atoms with Crippen LogP contribution >= 0.6 is 0 Å². The summed E-state index contributed by atoms with van der Waals surface area (Å²) in [6.07, 6.45) is 2.01. The first-order valence-electron chi connectivity index (χ1n) is 12.3. The quantitative estimate of drug-likeness (QED) is 0.658. The number of ether oxygens (including phenoxy) is 1. The predicted octanol–water partition coefficient (Wildman–Crippen LogP) is 4.04. The van der Waals surface area contributed by atoms with Crippen molar-refractivity contribution in [3.8, 4) is 0 Å². The fraction of sp³-hybridized carbons (Fsp3) is 0.593. The molecule has 1 unspecified atom stereocenters. The van der Waals surface area contributed by atoms with Crippen LogP contribution in [0.15, 0.2) is 53.4 Å². The predicted molar refractivity (Wildman–Crippen MR) is 124 cm³/mol. The maximum Gasteiger partial charge on any atom is 0.413 e. The van der Waals surface area contributed by atoms with E-state index in [0.29, 0.717) is 31.3 Å². The van der Waals surface area contributed by atoms with Gasteiger partial charge in [-0.2, -0.15) is 13.2 Å². The van der Waals surface area contributed by atoms with Gasteiger partial charge in [0.1, 0.15) is 6.10 Å². The second kappa shape index (κ2) is 7.28. The summed E-state index contributed by atoms with van der Waals surface area (Å²) >= 11 is 0. The van der Waals surface area contributed by atoms with Gasteiger partial charge in [0.2, 0.25) is 0 Å². The number of nitrogens with zero attached hydrogens (tertiary/aromatic N) is 2. The van der Waals surface area contributed by atoms with Gasteiger partial charge >= 0.3 is 6.18 Å². The van der Waals surface area contributed by atoms with Crippen LogP contribution < -0.4 is 0 Å². The van der Waals surface area contributed by atoms with Crippen LogP contribution in [0.4, 0.5) is 13.2 Å². The van der Waals surface area contributed by atoms with Crippen LogP contribution in [-0.2, 0) is 4.74 Å². The lowest BCUT2D eigenvalue weighted by Gasteiger charge is -2.57. The summed E-state index contributed by atoms with van der Waals surface area (Å²) in [7, 11) is 3.68. The number of pyridine rings is 1. The molecule has 0 aromatic carbocycles. The van der Waals surface area contributed by atoms with Crippen molar-refractivity contribution in [1.29, 1.82) is 0 Å². The number of halogens is 3. The summed E-state index contributed by atoms with van der Waals surface area (Å²) in [5.74, 6) is -0.154. The molecule has 2 fully saturated rings. The van der Waals surface area contributed by atoms with Gasteiger partial charge < -0.3 is 19.8 Å². The monoisotopic (exact) mass is 488 g/mol. The van der Waals surface area contributed by atoms with Crippen molar-refractivity contribution < 1.29 is 28.1 Å². The lowest BCUT2D eigenvalue weighted by atomic mass is 9.56. The van der Waals surface area contributed by atoms with Crippen LogP contribution in [0.3, 0.4) is 0 Å². The Balaban J connectivity index is 1.54. The summed E-state index contributed by atoms with van der Waals surface area (Å²) in [5, 5.41) is 21.9. The van der Waals surface area contributed by atoms with E-state index in [1.807, 2.05) is 38.1 Å². The molecule has 2 N–H and O–H groups in total. The van der Waals surface area contributed by atoms with Gasteiger partial charge in [-0.05, 0) is 80.6 Å². The lowest BCUT2D eigenvalue weighted by Crippen LogP contribution is -2.62. The van der Waals surface area contributed by atoms with Gasteiger partial charge in [0.05, 0.1) is 17.3 Å². The highest BCUT2D eigenvalue weighted by atomic mass is 19.4. The highest BCUT2D eigenvalue weighted by Gasteiger charge is 2.69. The van der Waals surface area contributed by atoms with E-state index in [9.17, 15) is 23.4 Å². The van der Waals surface area contributed by atoms with E-state index in [0.717, 1.165) is 11.1 Å². The molecule has 8 heteroatoms. The van der Waals surface area contributed by atoms with Crippen molar-refractivity contribution >= 4 is 5.57 Å². The van der Waals surface area contributed by atoms with Crippen LogP contribution in [-0.4, -0.2) is 69.8 Å². The number of aromatic nitrogens is 1. The Morgan fingerprint density at radius 3 is 2.51 bits per heavy atom. The first kappa shape index (κ1) is 23.4. The van der Waals surface area contributed by atoms with Gasteiger partial charge in [0.25, 0.3) is 0 Å². The van der Waals surface area contributed by atoms with Crippen LogP contribution in [0.25, 0.3) is 5.57 Å². The number of aliphatic hydroxyl groups excluding tert-OH is 2. The van der Waals surface area contributed by atoms with Gasteiger partial charge in [-0.25, -0.2) is 0 Å². The molecular weight excluding hydrogens is 457 g/mol. The minimum absolute atomic E-state index is 0.147. The fourth-order valence-electron chi connectivity index (χ4n) is 7.91. The summed E-state index contributed by atoms with van der Waals surface area (Å²) in [6.45, 7) is 1.95. The molecule has 5 aliphatic rings. The number of allylic oxidation sites excluding steroid dienone is 3. The summed E-state index contributed by atoms with van der Waals surface area (Å²) in [5.41, 5.74) is -0.888. The second-order valence-corrected chi connectivity index (χ2v) is 11.4. The van der Waals surface area contributed by atoms with Crippen molar-refractivity contribution in [2.75, 3.05) is 14.1 Å². The molecule has 188 valence electrons. The molecule has 0 amide bonds. The second-order valence-electron chi connectivity index (χ2n) is 11.4. The number of alkyl halides is 3. The third-order valence-electron chi connectivity index (χ3n) is 9.51. The van der Waals surface area contributed by atoms with E-state index in [2.05, 4.69) is 11.1 Å². The minimum Gasteiger partial charge on any atom is -0.388 e. The highest BCUT2D eigenvalue weighted by molar-refractivity contribution is 5.75. The average molecular weight is 489 g/mol. The Bertz CT molecular complexity index is 1160. The van der Waals surface area contributed by atoms with Crippen molar-refractivity contribution in [1.82, 2.24) is 9.88 Å². The zero-order valence-electron chi connectivity index (χ0n) is 20.1. The average Bonchev–Trinajstić information content (AvgIpc) is 3.31. The molecule has 2 spiro atoms. The zero-order chi connectivity index (χ0) is 25.0. The van der Waals surface area contributed by atoms with Crippen LogP contribution in [0.1, 0.15) is 44.6 Å². The van der Waals surface area contributed by atoms with Gasteiger partial charge in [0.15, 0.2) is 0 Å². The standard InChI is InChI=1S/C27H31F3N2O3/c1-24-13-19(27(28,29)30)17-12-18-22(33)23(34)20(32(2)3)14-25(18)8-9-26(17,35-25)21(24)5-4-16(24)15-6-10-31-11-7-15/h4,6-7,10-12,20-23,33-34H,5,8-9,13-14H2,1-3H3/t20-,21?,22+,23+,24+,25+,26+/m0/s1. The maximum atomic E-state index is 14.7. The number of likely N-dealkylation sites (N-methyl/N-ethyl adjacent to an activating group) is 1. The SMILES string of the molecule is CN(C)[C@H]1C[C@@]23CC[C@@]4(O2)C(=C(C(F)(F)F)C[C@]2(C)C(c5ccncc5)=CCC24)C=C3[C@@H](O)[C@@H]1O. The van der Waals surface area contributed by atoms with Crippen molar-refractivity contribution in [2.24, 2.45) is 11.3 Å². The van der Waals surface area contributed by atoms with E-state index in [1.54, 1.807) is 18.5 Å². The van der Waals surface area contributed by atoms with E-state index >= 15 is 0 Å². The molecule has 7 atom stereocenters. The van der Waals surface area contributed by atoms with E-state index in [4.69, 9.17) is 4.74 Å². The van der Waals surface area contributed by atoms with Crippen LogP contribution in [0.2, 0.25) is 0 Å². The van der Waals surface area contributed by atoms with Gasteiger partial charge in [-0.15, -0.1) is 0 Å². The molecule has 35 heavy (non-hydrogen) atoms. The van der Waals surface area contributed by atoms with Crippen molar-refractivity contribution in [3.63, 3.8) is 0 Å². The smallest absolute Gasteiger partial charge is 0.388 e. The summed E-state index contributed by atoms with van der Waals surface area (Å²) in [6, 6.07) is 3.37. The molecule has 2 aliphatic heterocycles. The molecule has 2 bridgehead atoms. The normalized spacial score (nSPS) is 42.4. The van der Waals surface area contributed by atoms with Gasteiger partial charge in [-0.3, -0.25) is 4.98 Å². The van der Waals surface area contributed by atoms with E-state index in [1.165, 1.54) is 0 Å². The van der Waals surface area contributed by atoms with E-state index < -0.39 is 40.6 Å². The third-order valence-corrected chi connectivity index (χ3v) is 9.51.